The first-order valence-corrected chi connectivity index (χ1v) is 10.9. The highest BCUT2D eigenvalue weighted by Gasteiger charge is 2.63. The number of amides is 1. The van der Waals surface area contributed by atoms with Crippen LogP contribution in [0.15, 0.2) is 35.5 Å². The van der Waals surface area contributed by atoms with Crippen LogP contribution < -0.4 is 5.32 Å². The zero-order valence-corrected chi connectivity index (χ0v) is 19.1. The first-order valence-electron chi connectivity index (χ1n) is 10.5. The molecule has 0 bridgehead atoms. The summed E-state index contributed by atoms with van der Waals surface area (Å²) in [7, 11) is 0. The quantitative estimate of drug-likeness (QED) is 0.422. The predicted octanol–water partition coefficient (Wildman–Crippen LogP) is 6.83. The summed E-state index contributed by atoms with van der Waals surface area (Å²) >= 11 is 5.70. The Bertz CT molecular complexity index is 1240. The number of nitrogens with zero attached hydrogens (tertiary/aromatic N) is 1. The van der Waals surface area contributed by atoms with Crippen molar-refractivity contribution in [2.75, 3.05) is 0 Å². The van der Waals surface area contributed by atoms with Gasteiger partial charge in [-0.15, -0.1) is 0 Å². The van der Waals surface area contributed by atoms with Gasteiger partial charge in [0.25, 0.3) is 23.9 Å². The van der Waals surface area contributed by atoms with Gasteiger partial charge in [-0.2, -0.15) is 13.2 Å². The first kappa shape index (κ1) is 26.2. The van der Waals surface area contributed by atoms with E-state index in [2.05, 4.69) is 10.5 Å². The zero-order valence-electron chi connectivity index (χ0n) is 18.3. The van der Waals surface area contributed by atoms with Gasteiger partial charge < -0.3 is 10.2 Å². The summed E-state index contributed by atoms with van der Waals surface area (Å²) in [6.45, 7) is 1.48. The molecule has 1 amide bonds. The molecule has 194 valence electrons. The van der Waals surface area contributed by atoms with Gasteiger partial charge >= 0.3 is 6.18 Å². The Morgan fingerprint density at radius 2 is 1.86 bits per heavy atom. The molecular formula is C23H17ClF8N2O2. The number of carbonyl (C=O) groups is 1. The van der Waals surface area contributed by atoms with Gasteiger partial charge in [-0.05, 0) is 42.3 Å². The molecule has 1 heterocycles. The molecular weight excluding hydrogens is 524 g/mol. The van der Waals surface area contributed by atoms with E-state index in [4.69, 9.17) is 16.4 Å². The lowest BCUT2D eigenvalue weighted by Gasteiger charge is -2.35. The van der Waals surface area contributed by atoms with Crippen molar-refractivity contribution in [3.63, 3.8) is 0 Å². The summed E-state index contributed by atoms with van der Waals surface area (Å²) in [5.74, 6) is -5.27. The van der Waals surface area contributed by atoms with E-state index in [1.165, 1.54) is 25.1 Å². The smallest absolute Gasteiger partial charge is 0.374 e. The summed E-state index contributed by atoms with van der Waals surface area (Å²) in [4.78, 5) is 17.1. The maximum Gasteiger partial charge on any atom is 0.435 e. The van der Waals surface area contributed by atoms with Gasteiger partial charge in [0.1, 0.15) is 5.82 Å². The molecule has 1 aliphatic heterocycles. The van der Waals surface area contributed by atoms with E-state index in [1.807, 2.05) is 0 Å². The van der Waals surface area contributed by atoms with Gasteiger partial charge in [0.05, 0.1) is 17.7 Å². The van der Waals surface area contributed by atoms with Gasteiger partial charge in [-0.3, -0.25) is 4.79 Å². The third-order valence-electron chi connectivity index (χ3n) is 6.15. The van der Waals surface area contributed by atoms with Crippen LogP contribution in [0.5, 0.6) is 0 Å². The summed E-state index contributed by atoms with van der Waals surface area (Å²) in [6, 6.07) is 4.28. The topological polar surface area (TPSA) is 50.7 Å². The molecule has 0 unspecified atom stereocenters. The van der Waals surface area contributed by atoms with Crippen LogP contribution in [0, 0.1) is 12.7 Å². The van der Waals surface area contributed by atoms with Crippen molar-refractivity contribution in [1.82, 2.24) is 5.32 Å². The van der Waals surface area contributed by atoms with Crippen molar-refractivity contribution in [2.45, 2.75) is 56.4 Å². The van der Waals surface area contributed by atoms with E-state index >= 15 is 0 Å². The van der Waals surface area contributed by atoms with Crippen LogP contribution in [-0.2, 0) is 10.4 Å². The number of carbonyl (C=O) groups excluding carboxylic acids is 1. The van der Waals surface area contributed by atoms with Crippen molar-refractivity contribution >= 4 is 23.2 Å². The molecule has 4 rings (SSSR count). The van der Waals surface area contributed by atoms with Crippen LogP contribution in [0.1, 0.15) is 58.3 Å². The largest absolute Gasteiger partial charge is 0.435 e. The fourth-order valence-electron chi connectivity index (χ4n) is 4.22. The van der Waals surface area contributed by atoms with E-state index in [0.717, 1.165) is 0 Å². The number of nitrogens with one attached hydrogen (secondary N) is 1. The van der Waals surface area contributed by atoms with E-state index in [9.17, 15) is 39.9 Å². The first-order chi connectivity index (χ1) is 16.6. The molecule has 0 spiro atoms. The molecule has 2 aromatic rings. The second-order valence-electron chi connectivity index (χ2n) is 8.75. The molecule has 4 nitrogen and oxygen atoms in total. The summed E-state index contributed by atoms with van der Waals surface area (Å²) in [5.41, 5.74) is -5.73. The number of halogens is 9. The molecule has 36 heavy (non-hydrogen) atoms. The minimum absolute atomic E-state index is 0.0990. The van der Waals surface area contributed by atoms with Crippen molar-refractivity contribution in [1.29, 1.82) is 0 Å². The molecule has 2 aromatic carbocycles. The predicted molar refractivity (Wildman–Crippen MR) is 113 cm³/mol. The molecule has 1 saturated carbocycles. The van der Waals surface area contributed by atoms with Crippen LogP contribution in [-0.4, -0.2) is 29.8 Å². The molecule has 1 aliphatic carbocycles. The number of hydrogen-bond donors (Lipinski definition) is 1. The number of alkyl halides is 7. The van der Waals surface area contributed by atoms with E-state index in [0.29, 0.717) is 17.7 Å². The average Bonchev–Trinajstić information content (AvgIpc) is 3.20. The number of benzene rings is 2. The highest BCUT2D eigenvalue weighted by Crippen LogP contribution is 2.51. The Kier molecular flexibility index (Phi) is 6.47. The number of hydrogen-bond acceptors (Lipinski definition) is 3. The monoisotopic (exact) mass is 540 g/mol. The van der Waals surface area contributed by atoms with E-state index < -0.39 is 77.3 Å². The van der Waals surface area contributed by atoms with Crippen LogP contribution in [0.4, 0.5) is 35.1 Å². The third-order valence-corrected chi connectivity index (χ3v) is 6.37. The molecule has 0 saturated heterocycles. The van der Waals surface area contributed by atoms with Gasteiger partial charge in [-0.25, -0.2) is 22.0 Å². The lowest BCUT2D eigenvalue weighted by molar-refractivity contribution is -0.276. The molecule has 1 atom stereocenters. The summed E-state index contributed by atoms with van der Waals surface area (Å²) in [5, 5.41) is 5.38. The van der Waals surface area contributed by atoms with Gasteiger partial charge in [-0.1, -0.05) is 22.8 Å². The second kappa shape index (κ2) is 8.89. The molecule has 13 heteroatoms. The molecule has 1 N–H and O–H groups in total. The lowest BCUT2D eigenvalue weighted by atomic mass is 9.85. The Morgan fingerprint density at radius 1 is 1.19 bits per heavy atom. The SMILES string of the molecule is Cc1cc(C2=NO[C@@](c3cc(Cl)cc(C(F)F)c3F)(C(F)(F)F)C2)ccc1C(=O)NC1CC(F)(F)C1. The standard InChI is InChI=1S/C23H17ClF8N2O2/c1-10-4-11(2-3-14(10)20(35)33-13-7-21(28,29)8-13)17-9-22(36-34-17,23(30,31)32)16-6-12(24)5-15(18(16)25)19(26)27/h2-6,13,19H,7-9H2,1H3,(H,33,35)/t22-/m0/s1. The van der Waals surface area contributed by atoms with Gasteiger partial charge in [0.2, 0.25) is 0 Å². The fourth-order valence-corrected chi connectivity index (χ4v) is 4.45. The molecule has 0 radical (unpaired) electrons. The third kappa shape index (κ3) is 4.62. The molecule has 1 fully saturated rings. The van der Waals surface area contributed by atoms with Gasteiger partial charge in [0, 0.05) is 35.0 Å². The molecule has 2 aliphatic rings. The van der Waals surface area contributed by atoms with Gasteiger partial charge in [0.15, 0.2) is 0 Å². The van der Waals surface area contributed by atoms with Crippen molar-refractivity contribution < 1.29 is 44.8 Å². The molecule has 0 aromatic heterocycles. The van der Waals surface area contributed by atoms with Crippen LogP contribution in [0.3, 0.4) is 0 Å². The second-order valence-corrected chi connectivity index (χ2v) is 9.19. The maximum absolute atomic E-state index is 14.8. The summed E-state index contributed by atoms with van der Waals surface area (Å²) < 4.78 is 110. The minimum atomic E-state index is -5.27. The fraction of sp³-hybridized carbons (Fsp3) is 0.391. The zero-order chi connectivity index (χ0) is 26.6. The minimum Gasteiger partial charge on any atom is -0.374 e. The van der Waals surface area contributed by atoms with E-state index in [-0.39, 0.29) is 16.8 Å². The highest BCUT2D eigenvalue weighted by atomic mass is 35.5. The Balaban J connectivity index is 1.62. The number of aryl methyl sites for hydroxylation is 1. The highest BCUT2D eigenvalue weighted by molar-refractivity contribution is 6.30. The lowest BCUT2D eigenvalue weighted by Crippen LogP contribution is -2.50. The normalized spacial score (nSPS) is 21.7. The Morgan fingerprint density at radius 3 is 2.42 bits per heavy atom. The van der Waals surface area contributed by atoms with Crippen molar-refractivity contribution in [2.24, 2.45) is 5.16 Å². The van der Waals surface area contributed by atoms with Crippen LogP contribution in [0.25, 0.3) is 0 Å². The number of rotatable bonds is 5. The maximum atomic E-state index is 14.8. The Labute approximate surface area is 204 Å². The summed E-state index contributed by atoms with van der Waals surface area (Å²) in [6.07, 6.45) is -10.7. The van der Waals surface area contributed by atoms with Crippen molar-refractivity contribution in [3.05, 3.63) is 69.0 Å². The average molecular weight is 541 g/mol. The number of oxime groups is 1. The van der Waals surface area contributed by atoms with Crippen LogP contribution in [0.2, 0.25) is 5.02 Å². The van der Waals surface area contributed by atoms with E-state index in [1.54, 1.807) is 0 Å². The van der Waals surface area contributed by atoms with Crippen molar-refractivity contribution in [3.8, 4) is 0 Å². The van der Waals surface area contributed by atoms with Crippen LogP contribution >= 0.6 is 11.6 Å². The Hall–Kier alpha value is -2.89.